The zero-order chi connectivity index (χ0) is 13.3. The van der Waals surface area contributed by atoms with Crippen LogP contribution in [0.4, 0.5) is 17.6 Å². The first-order valence-electron chi connectivity index (χ1n) is 4.80. The summed E-state index contributed by atoms with van der Waals surface area (Å²) in [7, 11) is 0. The van der Waals surface area contributed by atoms with E-state index in [0.717, 1.165) is 30.5 Å². The molecule has 0 aliphatic carbocycles. The molecule has 0 aliphatic heterocycles. The first-order chi connectivity index (χ1) is 8.39. The Morgan fingerprint density at radius 2 is 1.78 bits per heavy atom. The highest BCUT2D eigenvalue weighted by atomic mass is 19.4. The van der Waals surface area contributed by atoms with E-state index in [1.165, 1.54) is 0 Å². The zero-order valence-electron chi connectivity index (χ0n) is 8.75. The number of nitrogens with one attached hydrogen (secondary N) is 1. The predicted octanol–water partition coefficient (Wildman–Crippen LogP) is 2.80. The van der Waals surface area contributed by atoms with E-state index >= 15 is 0 Å². The first-order valence-corrected chi connectivity index (χ1v) is 4.80. The number of aromatic amines is 1. The Balaban J connectivity index is 2.31. The number of halogens is 4. The molecule has 0 unspecified atom stereocenters. The van der Waals surface area contributed by atoms with Crippen LogP contribution < -0.4 is 0 Å². The molecule has 18 heavy (non-hydrogen) atoms. The molecule has 1 heterocycles. The number of carbonyl (C=O) groups excluding carboxylic acids is 1. The molecule has 0 bridgehead atoms. The van der Waals surface area contributed by atoms with Crippen molar-refractivity contribution in [2.75, 3.05) is 0 Å². The number of alkyl halides is 3. The summed E-state index contributed by atoms with van der Waals surface area (Å²) in [6, 6.07) is 3.51. The van der Waals surface area contributed by atoms with Gasteiger partial charge < -0.3 is 0 Å². The third-order valence-electron chi connectivity index (χ3n) is 2.29. The largest absolute Gasteiger partial charge is 0.416 e. The Bertz CT molecular complexity index is 571. The molecule has 7 heteroatoms. The van der Waals surface area contributed by atoms with E-state index in [0.29, 0.717) is 0 Å². The van der Waals surface area contributed by atoms with E-state index in [1.807, 2.05) is 0 Å². The molecule has 2 rings (SSSR count). The van der Waals surface area contributed by atoms with E-state index < -0.39 is 23.3 Å². The molecule has 0 saturated heterocycles. The van der Waals surface area contributed by atoms with E-state index in [2.05, 4.69) is 10.2 Å². The van der Waals surface area contributed by atoms with Crippen LogP contribution in [0.5, 0.6) is 0 Å². The highest BCUT2D eigenvalue weighted by Crippen LogP contribution is 2.29. The number of hydrogen-bond acceptors (Lipinski definition) is 2. The average Bonchev–Trinajstić information content (AvgIpc) is 2.73. The number of benzene rings is 1. The van der Waals surface area contributed by atoms with Gasteiger partial charge in [0, 0.05) is 5.56 Å². The van der Waals surface area contributed by atoms with Gasteiger partial charge in [-0.1, -0.05) is 12.1 Å². The number of aromatic nitrogens is 2. The van der Waals surface area contributed by atoms with Crippen molar-refractivity contribution >= 4 is 5.78 Å². The highest BCUT2D eigenvalue weighted by Gasteiger charge is 2.30. The normalized spacial score (nSPS) is 11.6. The molecule has 1 aromatic heterocycles. The number of H-pyrrole nitrogens is 1. The quantitative estimate of drug-likeness (QED) is 0.665. The smallest absolute Gasteiger partial charge is 0.287 e. The van der Waals surface area contributed by atoms with Crippen molar-refractivity contribution in [3.63, 3.8) is 0 Å². The van der Waals surface area contributed by atoms with Crippen molar-refractivity contribution in [1.29, 1.82) is 0 Å². The molecule has 1 aromatic carbocycles. The van der Waals surface area contributed by atoms with Crippen LogP contribution in [0.15, 0.2) is 30.5 Å². The minimum atomic E-state index is -4.47. The first kappa shape index (κ1) is 12.3. The Kier molecular flexibility index (Phi) is 2.90. The van der Waals surface area contributed by atoms with Gasteiger partial charge in [-0.2, -0.15) is 18.3 Å². The topological polar surface area (TPSA) is 45.8 Å². The molecule has 0 fully saturated rings. The summed E-state index contributed by atoms with van der Waals surface area (Å²) in [5.74, 6) is -1.60. The second-order valence-electron chi connectivity index (χ2n) is 3.50. The minimum absolute atomic E-state index is 0.0499. The third kappa shape index (κ3) is 2.24. The zero-order valence-corrected chi connectivity index (χ0v) is 8.75. The number of hydrogen-bond donors (Lipinski definition) is 1. The van der Waals surface area contributed by atoms with Crippen LogP contribution in [0.25, 0.3) is 0 Å². The van der Waals surface area contributed by atoms with Gasteiger partial charge in [-0.25, -0.2) is 4.39 Å². The molecule has 0 aliphatic rings. The second kappa shape index (κ2) is 4.25. The van der Waals surface area contributed by atoms with Crippen molar-refractivity contribution in [3.8, 4) is 0 Å². The molecule has 0 radical (unpaired) electrons. The summed E-state index contributed by atoms with van der Waals surface area (Å²) in [5.41, 5.74) is -1.30. The maximum Gasteiger partial charge on any atom is 0.416 e. The second-order valence-corrected chi connectivity index (χ2v) is 3.50. The van der Waals surface area contributed by atoms with Gasteiger partial charge in [0.25, 0.3) is 0 Å². The van der Waals surface area contributed by atoms with Gasteiger partial charge in [0.05, 0.1) is 11.8 Å². The lowest BCUT2D eigenvalue weighted by Crippen LogP contribution is -2.07. The highest BCUT2D eigenvalue weighted by molar-refractivity contribution is 6.07. The molecule has 1 N–H and O–H groups in total. The van der Waals surface area contributed by atoms with Crippen LogP contribution in [0.1, 0.15) is 21.6 Å². The van der Waals surface area contributed by atoms with Crippen molar-refractivity contribution < 1.29 is 22.4 Å². The molecule has 0 atom stereocenters. The number of nitrogens with zero attached hydrogens (tertiary/aromatic N) is 1. The molecular weight excluding hydrogens is 252 g/mol. The SMILES string of the molecule is O=C(c1ccc(C(F)(F)F)cc1)c1[nH]ncc1F. The van der Waals surface area contributed by atoms with Crippen molar-refractivity contribution in [1.82, 2.24) is 10.2 Å². The lowest BCUT2D eigenvalue weighted by Gasteiger charge is -2.06. The molecule has 0 amide bonds. The Morgan fingerprint density at radius 3 is 2.22 bits per heavy atom. The summed E-state index contributed by atoms with van der Waals surface area (Å²) in [5, 5.41) is 5.48. The maximum absolute atomic E-state index is 13.1. The average molecular weight is 258 g/mol. The van der Waals surface area contributed by atoms with Crippen LogP contribution in [0, 0.1) is 5.82 Å². The van der Waals surface area contributed by atoms with Gasteiger partial charge in [0.15, 0.2) is 5.82 Å². The molecule has 0 saturated carbocycles. The molecular formula is C11H6F4N2O. The van der Waals surface area contributed by atoms with Crippen LogP contribution >= 0.6 is 0 Å². The summed E-state index contributed by atoms with van der Waals surface area (Å²) in [6.07, 6.45) is -3.65. The summed E-state index contributed by atoms with van der Waals surface area (Å²) < 4.78 is 50.0. The summed E-state index contributed by atoms with van der Waals surface area (Å²) in [6.45, 7) is 0. The van der Waals surface area contributed by atoms with E-state index in [4.69, 9.17) is 0 Å². The van der Waals surface area contributed by atoms with Gasteiger partial charge in [-0.05, 0) is 12.1 Å². The van der Waals surface area contributed by atoms with Gasteiger partial charge in [-0.15, -0.1) is 0 Å². The van der Waals surface area contributed by atoms with Gasteiger partial charge >= 0.3 is 6.18 Å². The predicted molar refractivity (Wildman–Crippen MR) is 53.4 cm³/mol. The number of carbonyl (C=O) groups is 1. The number of ketones is 1. The number of rotatable bonds is 2. The summed E-state index contributed by atoms with van der Waals surface area (Å²) >= 11 is 0. The Labute approximate surface area is 98.4 Å². The molecule has 2 aromatic rings. The standard InChI is InChI=1S/C11H6F4N2O/c12-8-5-16-17-9(8)10(18)6-1-3-7(4-2-6)11(13,14)15/h1-5H,(H,16,17). The van der Waals surface area contributed by atoms with Crippen molar-refractivity contribution in [3.05, 3.63) is 53.1 Å². The Hall–Kier alpha value is -2.18. The van der Waals surface area contributed by atoms with Crippen LogP contribution in [0.2, 0.25) is 0 Å². The van der Waals surface area contributed by atoms with Crippen LogP contribution in [-0.2, 0) is 6.18 Å². The fourth-order valence-electron chi connectivity index (χ4n) is 1.39. The van der Waals surface area contributed by atoms with Gasteiger partial charge in [0.1, 0.15) is 5.69 Å². The van der Waals surface area contributed by atoms with Crippen molar-refractivity contribution in [2.24, 2.45) is 0 Å². The van der Waals surface area contributed by atoms with Crippen LogP contribution in [-0.4, -0.2) is 16.0 Å². The van der Waals surface area contributed by atoms with Gasteiger partial charge in [0.2, 0.25) is 5.78 Å². The lowest BCUT2D eigenvalue weighted by atomic mass is 10.1. The summed E-state index contributed by atoms with van der Waals surface area (Å²) in [4.78, 5) is 11.7. The van der Waals surface area contributed by atoms with E-state index in [9.17, 15) is 22.4 Å². The van der Waals surface area contributed by atoms with Crippen LogP contribution in [0.3, 0.4) is 0 Å². The lowest BCUT2D eigenvalue weighted by molar-refractivity contribution is -0.137. The van der Waals surface area contributed by atoms with Gasteiger partial charge in [-0.3, -0.25) is 9.89 Å². The third-order valence-corrected chi connectivity index (χ3v) is 2.29. The molecule has 3 nitrogen and oxygen atoms in total. The fraction of sp³-hybridized carbons (Fsp3) is 0.0909. The monoisotopic (exact) mass is 258 g/mol. The van der Waals surface area contributed by atoms with Crippen molar-refractivity contribution in [2.45, 2.75) is 6.18 Å². The fourth-order valence-corrected chi connectivity index (χ4v) is 1.39. The minimum Gasteiger partial charge on any atom is -0.287 e. The molecule has 94 valence electrons. The molecule has 0 spiro atoms. The van der Waals surface area contributed by atoms with E-state index in [1.54, 1.807) is 0 Å². The van der Waals surface area contributed by atoms with E-state index in [-0.39, 0.29) is 11.3 Å². The maximum atomic E-state index is 13.1. The Morgan fingerprint density at radius 1 is 1.17 bits per heavy atom.